The summed E-state index contributed by atoms with van der Waals surface area (Å²) in [5.41, 5.74) is 0. The van der Waals surface area contributed by atoms with E-state index in [1.165, 1.54) is 51.4 Å². The molecule has 0 aromatic heterocycles. The number of hydrogen-bond acceptors (Lipinski definition) is 1. The topological polar surface area (TPSA) is 35.0 Å². The van der Waals surface area contributed by atoms with E-state index in [4.69, 9.17) is 0 Å². The molecule has 3 N–H and O–H groups in total. The Morgan fingerprint density at radius 1 is 0.364 bits per heavy atom. The Kier molecular flexibility index (Phi) is 100. The molecule has 0 aliphatic heterocycles. The van der Waals surface area contributed by atoms with E-state index < -0.39 is 0 Å². The van der Waals surface area contributed by atoms with Crippen LogP contribution in [0, 0.1) is 25.7 Å². The molecule has 0 saturated heterocycles. The Morgan fingerprint density at radius 3 is 0.455 bits per heavy atom. The molecule has 0 amide bonds. The van der Waals surface area contributed by atoms with Gasteiger partial charge >= 0.3 is 26.2 Å². The van der Waals surface area contributed by atoms with Crippen molar-refractivity contribution in [2.75, 3.05) is 0 Å². The Morgan fingerprint density at radius 2 is 0.455 bits per heavy atom. The van der Waals surface area contributed by atoms with Crippen LogP contribution in [0.25, 0.3) is 0 Å². The molecule has 0 saturated carbocycles. The van der Waals surface area contributed by atoms with Crippen molar-refractivity contribution in [3.8, 4) is 0 Å². The van der Waals surface area contributed by atoms with Crippen LogP contribution in [0.1, 0.15) is 107 Å². The van der Waals surface area contributed by atoms with Crippen molar-refractivity contribution >= 4 is 0 Å². The van der Waals surface area contributed by atoms with Crippen LogP contribution in [-0.4, -0.2) is 0 Å². The summed E-state index contributed by atoms with van der Waals surface area (Å²) in [5, 5.41) is 0. The van der Waals surface area contributed by atoms with Gasteiger partial charge in [-0.15, -0.1) is 0 Å². The Balaban J connectivity index is -0.0000000376. The van der Waals surface area contributed by atoms with Crippen LogP contribution in [0.5, 0.6) is 0 Å². The van der Waals surface area contributed by atoms with Gasteiger partial charge in [-0.25, -0.2) is 0 Å². The van der Waals surface area contributed by atoms with Gasteiger partial charge in [0.25, 0.3) is 0 Å². The van der Waals surface area contributed by atoms with Gasteiger partial charge in [-0.05, 0) is 0 Å². The summed E-state index contributed by atoms with van der Waals surface area (Å²) in [6.07, 6.45) is 18.8. The minimum Gasteiger partial charge on any atom is -0.344 e. The molecule has 0 aliphatic rings. The molecule has 0 heterocycles. The standard InChI is InChI=1S/4C5H11.H3N.Zr/c4*1-3-5-4-2;;/h4*5H,3-4H2,1-2H3;1H3;/q4*-1;;+4. The predicted molar refractivity (Wildman–Crippen MR) is 105 cm³/mol. The molecule has 0 aliphatic carbocycles. The fourth-order valence-corrected chi connectivity index (χ4v) is 1.15. The zero-order chi connectivity index (χ0) is 16.5. The second-order valence-electron chi connectivity index (χ2n) is 4.42. The molecule has 0 unspecified atom stereocenters. The predicted octanol–water partition coefficient (Wildman–Crippen LogP) is 8.20. The molecule has 0 radical (unpaired) electrons. The summed E-state index contributed by atoms with van der Waals surface area (Å²) in [7, 11) is 0. The largest absolute Gasteiger partial charge is 4.00 e. The van der Waals surface area contributed by atoms with Crippen molar-refractivity contribution < 1.29 is 26.2 Å². The van der Waals surface area contributed by atoms with Crippen molar-refractivity contribution in [2.45, 2.75) is 107 Å². The van der Waals surface area contributed by atoms with E-state index in [-0.39, 0.29) is 32.4 Å². The minimum atomic E-state index is 0. The molecular weight excluding hydrogens is 345 g/mol. The van der Waals surface area contributed by atoms with Gasteiger partial charge in [-0.3, -0.25) is 0 Å². The zero-order valence-electron chi connectivity index (χ0n) is 17.2. The van der Waals surface area contributed by atoms with Crippen LogP contribution < -0.4 is 6.15 Å². The van der Waals surface area contributed by atoms with E-state index in [2.05, 4.69) is 81.1 Å². The van der Waals surface area contributed by atoms with E-state index in [9.17, 15) is 0 Å². The molecule has 0 rings (SSSR count). The van der Waals surface area contributed by atoms with Crippen LogP contribution in [0.15, 0.2) is 0 Å². The molecule has 1 nitrogen and oxygen atoms in total. The molecule has 0 bridgehead atoms. The van der Waals surface area contributed by atoms with Gasteiger partial charge in [-0.1, -0.05) is 55.4 Å². The van der Waals surface area contributed by atoms with E-state index in [1.54, 1.807) is 0 Å². The van der Waals surface area contributed by atoms with Gasteiger partial charge < -0.3 is 31.8 Å². The van der Waals surface area contributed by atoms with Crippen LogP contribution in [0.2, 0.25) is 0 Å². The molecule has 0 atom stereocenters. The summed E-state index contributed by atoms with van der Waals surface area (Å²) in [5.74, 6) is 0. The average Bonchev–Trinajstić information content (AvgIpc) is 2.44. The van der Waals surface area contributed by atoms with Crippen LogP contribution in [0.4, 0.5) is 0 Å². The third-order valence-electron chi connectivity index (χ3n) is 2.31. The molecular formula is C20H47NZr. The quantitative estimate of drug-likeness (QED) is 0.415. The van der Waals surface area contributed by atoms with Crippen LogP contribution in [-0.2, 0) is 26.2 Å². The van der Waals surface area contributed by atoms with Gasteiger partial charge in [0, 0.05) is 0 Å². The number of hydrogen-bond donors (Lipinski definition) is 1. The van der Waals surface area contributed by atoms with E-state index >= 15 is 0 Å². The summed E-state index contributed by atoms with van der Waals surface area (Å²) in [4.78, 5) is 0. The second-order valence-corrected chi connectivity index (χ2v) is 4.42. The van der Waals surface area contributed by atoms with Gasteiger partial charge in [0.15, 0.2) is 0 Å². The summed E-state index contributed by atoms with van der Waals surface area (Å²) < 4.78 is 0. The Labute approximate surface area is 164 Å². The van der Waals surface area contributed by atoms with Gasteiger partial charge in [0.1, 0.15) is 0 Å². The smallest absolute Gasteiger partial charge is 0.344 e. The maximum absolute atomic E-state index is 2.25. The maximum atomic E-state index is 2.25. The first-order valence-corrected chi connectivity index (χ1v) is 8.92. The average molecular weight is 393 g/mol. The third-order valence-corrected chi connectivity index (χ3v) is 2.31. The first kappa shape index (κ1) is 38.4. The number of unbranched alkanes of at least 4 members (excludes halogenated alkanes) is 8. The minimum absolute atomic E-state index is 0. The number of rotatable bonds is 8. The normalized spacial score (nSPS) is 7.64. The second kappa shape index (κ2) is 57.5. The first-order valence-electron chi connectivity index (χ1n) is 8.92. The molecule has 136 valence electrons. The van der Waals surface area contributed by atoms with Crippen molar-refractivity contribution in [1.29, 1.82) is 0 Å². The Hall–Kier alpha value is 0.843. The molecule has 2 heteroatoms. The fraction of sp³-hybridized carbons (Fsp3) is 0.800. The van der Waals surface area contributed by atoms with Crippen molar-refractivity contribution in [2.24, 2.45) is 0 Å². The van der Waals surface area contributed by atoms with Gasteiger partial charge in [-0.2, -0.15) is 51.4 Å². The van der Waals surface area contributed by atoms with E-state index in [1.807, 2.05) is 0 Å². The van der Waals surface area contributed by atoms with E-state index in [0.29, 0.717) is 0 Å². The van der Waals surface area contributed by atoms with Crippen LogP contribution in [0.3, 0.4) is 0 Å². The zero-order valence-corrected chi connectivity index (χ0v) is 19.6. The van der Waals surface area contributed by atoms with Crippen molar-refractivity contribution in [1.82, 2.24) is 6.15 Å². The van der Waals surface area contributed by atoms with E-state index in [0.717, 1.165) is 0 Å². The van der Waals surface area contributed by atoms with Crippen molar-refractivity contribution in [3.05, 3.63) is 25.7 Å². The van der Waals surface area contributed by atoms with Gasteiger partial charge in [0.05, 0.1) is 0 Å². The first-order chi connectivity index (χ1) is 9.66. The molecule has 0 spiro atoms. The molecule has 0 fully saturated rings. The summed E-state index contributed by atoms with van der Waals surface area (Å²) in [6.45, 7) is 17.2. The molecule has 22 heavy (non-hydrogen) atoms. The SMILES string of the molecule is CC[CH-]CC.CC[CH-]CC.CC[CH-]CC.CC[CH-]CC.N.[Zr+4]. The third kappa shape index (κ3) is 105. The monoisotopic (exact) mass is 391 g/mol. The van der Waals surface area contributed by atoms with Gasteiger partial charge in [0.2, 0.25) is 0 Å². The fourth-order valence-electron chi connectivity index (χ4n) is 1.15. The molecule has 0 aromatic carbocycles. The summed E-state index contributed by atoms with van der Waals surface area (Å²) >= 11 is 0. The summed E-state index contributed by atoms with van der Waals surface area (Å²) in [6, 6.07) is 0. The molecule has 0 aromatic rings. The van der Waals surface area contributed by atoms with Crippen LogP contribution >= 0.6 is 0 Å². The Bertz CT molecular complexity index is 65.7. The van der Waals surface area contributed by atoms with Crippen molar-refractivity contribution in [3.63, 3.8) is 0 Å². The maximum Gasteiger partial charge on any atom is 4.00 e.